The van der Waals surface area contributed by atoms with Gasteiger partial charge in [0.15, 0.2) is 0 Å². The van der Waals surface area contributed by atoms with Gasteiger partial charge in [-0.15, -0.1) is 0 Å². The first-order valence-electron chi connectivity index (χ1n) is 4.94. The molecule has 0 radical (unpaired) electrons. The maximum Gasteiger partial charge on any atom is 2.00 e. The first kappa shape index (κ1) is 14.1. The molecule has 0 aromatic heterocycles. The number of hydrogen-bond donors (Lipinski definition) is 0. The molecule has 0 spiro atoms. The summed E-state index contributed by atoms with van der Waals surface area (Å²) in [6.45, 7) is 4.34. The molecule has 1 heteroatoms. The molecule has 0 fully saturated rings. The molecule has 0 amide bonds. The topological polar surface area (TPSA) is 0 Å². The fraction of sp³-hybridized carbons (Fsp3) is 0.214. The van der Waals surface area contributed by atoms with Crippen LogP contribution in [0.1, 0.15) is 25.3 Å². The molecule has 2 aromatic carbocycles. The van der Waals surface area contributed by atoms with E-state index in [4.69, 9.17) is 0 Å². The third-order valence-corrected chi connectivity index (χ3v) is 1.91. The molecule has 0 N–H and O–H groups in total. The number of benzene rings is 1. The predicted molar refractivity (Wildman–Crippen MR) is 61.4 cm³/mol. The summed E-state index contributed by atoms with van der Waals surface area (Å²) >= 11 is 0. The minimum absolute atomic E-state index is 0. The molecule has 0 heterocycles. The maximum atomic E-state index is 3.17. The van der Waals surface area contributed by atoms with Crippen molar-refractivity contribution in [2.45, 2.75) is 19.8 Å². The Morgan fingerprint density at radius 2 is 1.73 bits per heavy atom. The van der Waals surface area contributed by atoms with Gasteiger partial charge in [-0.05, 0) is 5.92 Å². The van der Waals surface area contributed by atoms with E-state index >= 15 is 0 Å². The summed E-state index contributed by atoms with van der Waals surface area (Å²) < 4.78 is 0. The van der Waals surface area contributed by atoms with Crippen molar-refractivity contribution in [3.63, 3.8) is 0 Å². The molecule has 0 saturated heterocycles. The molecular weight excluding hydrogens is 224 g/mol. The van der Waals surface area contributed by atoms with Crippen LogP contribution < -0.4 is 0 Å². The van der Waals surface area contributed by atoms with E-state index < -0.39 is 0 Å². The molecule has 0 saturated carbocycles. The van der Waals surface area contributed by atoms with Crippen LogP contribution in [0, 0.1) is 6.07 Å². The van der Waals surface area contributed by atoms with Gasteiger partial charge in [-0.25, -0.2) is 12.1 Å². The van der Waals surface area contributed by atoms with Crippen LogP contribution in [0.2, 0.25) is 0 Å². The Morgan fingerprint density at radius 3 is 2.00 bits per heavy atom. The standard InChI is InChI=1S/C9H11.C5H5.Fe/c1-8(2)9-6-4-3-5-7-9;1-2-4-5-3-1;/h3-6,8H,1-2H3;1-5H;/q2*-1;+2. The molecule has 80 valence electrons. The molecular formula is C14H16Fe. The molecule has 2 rings (SSSR count). The summed E-state index contributed by atoms with van der Waals surface area (Å²) in [6, 6.07) is 21.3. The van der Waals surface area contributed by atoms with Crippen molar-refractivity contribution in [2.75, 3.05) is 0 Å². The Labute approximate surface area is 103 Å². The third-order valence-electron chi connectivity index (χ3n) is 1.91. The van der Waals surface area contributed by atoms with Crippen molar-refractivity contribution < 1.29 is 17.1 Å². The number of rotatable bonds is 1. The Balaban J connectivity index is 0.000000280. The molecule has 0 unspecified atom stereocenters. The van der Waals surface area contributed by atoms with Crippen LogP contribution in [-0.2, 0) is 17.1 Å². The van der Waals surface area contributed by atoms with Crippen LogP contribution in [0.3, 0.4) is 0 Å². The van der Waals surface area contributed by atoms with Crippen LogP contribution >= 0.6 is 0 Å². The first-order valence-corrected chi connectivity index (χ1v) is 4.94. The van der Waals surface area contributed by atoms with E-state index in [0.717, 1.165) is 0 Å². The number of hydrogen-bond acceptors (Lipinski definition) is 0. The van der Waals surface area contributed by atoms with E-state index in [-0.39, 0.29) is 17.1 Å². The fourth-order valence-corrected chi connectivity index (χ4v) is 1.09. The molecule has 0 aliphatic heterocycles. The van der Waals surface area contributed by atoms with Crippen molar-refractivity contribution in [1.29, 1.82) is 0 Å². The minimum atomic E-state index is 0. The van der Waals surface area contributed by atoms with Gasteiger partial charge in [0.1, 0.15) is 0 Å². The molecule has 2 aromatic rings. The predicted octanol–water partition coefficient (Wildman–Crippen LogP) is 4.01. The zero-order valence-electron chi connectivity index (χ0n) is 9.13. The van der Waals surface area contributed by atoms with Gasteiger partial charge in [-0.3, -0.25) is 0 Å². The van der Waals surface area contributed by atoms with Gasteiger partial charge in [0.2, 0.25) is 0 Å². The summed E-state index contributed by atoms with van der Waals surface area (Å²) in [5.74, 6) is 0.603. The van der Waals surface area contributed by atoms with Crippen molar-refractivity contribution >= 4 is 0 Å². The van der Waals surface area contributed by atoms with Gasteiger partial charge in [0.25, 0.3) is 0 Å². The van der Waals surface area contributed by atoms with E-state index in [1.807, 2.05) is 48.5 Å². The smallest absolute Gasteiger partial charge is 0.214 e. The molecule has 0 aliphatic rings. The van der Waals surface area contributed by atoms with Crippen LogP contribution in [-0.4, -0.2) is 0 Å². The Kier molecular flexibility index (Phi) is 7.89. The Bertz CT molecular complexity index is 291. The van der Waals surface area contributed by atoms with Crippen LogP contribution in [0.25, 0.3) is 0 Å². The Hall–Kier alpha value is -0.911. The van der Waals surface area contributed by atoms with Gasteiger partial charge < -0.3 is 0 Å². The normalized spacial score (nSPS) is 8.73. The summed E-state index contributed by atoms with van der Waals surface area (Å²) in [5.41, 5.74) is 1.29. The van der Waals surface area contributed by atoms with Crippen LogP contribution in [0.5, 0.6) is 0 Å². The fourth-order valence-electron chi connectivity index (χ4n) is 1.09. The van der Waals surface area contributed by atoms with Crippen LogP contribution in [0.4, 0.5) is 0 Å². The second-order valence-electron chi connectivity index (χ2n) is 3.43. The quantitative estimate of drug-likeness (QED) is 0.521. The van der Waals surface area contributed by atoms with Crippen LogP contribution in [0.15, 0.2) is 54.6 Å². The molecule has 0 nitrogen and oxygen atoms in total. The largest absolute Gasteiger partial charge is 2.00 e. The van der Waals surface area contributed by atoms with Crippen molar-refractivity contribution in [2.24, 2.45) is 0 Å². The minimum Gasteiger partial charge on any atom is -0.214 e. The molecule has 0 aliphatic carbocycles. The maximum absolute atomic E-state index is 3.17. The van der Waals surface area contributed by atoms with Crippen molar-refractivity contribution in [3.05, 3.63) is 66.2 Å². The van der Waals surface area contributed by atoms with E-state index in [9.17, 15) is 0 Å². The van der Waals surface area contributed by atoms with Gasteiger partial charge >= 0.3 is 17.1 Å². The molecule has 0 bridgehead atoms. The average molecular weight is 240 g/mol. The molecule has 15 heavy (non-hydrogen) atoms. The van der Waals surface area contributed by atoms with E-state index in [1.54, 1.807) is 0 Å². The first-order chi connectivity index (χ1) is 6.80. The average Bonchev–Trinajstić information content (AvgIpc) is 2.77. The van der Waals surface area contributed by atoms with E-state index in [2.05, 4.69) is 26.0 Å². The zero-order chi connectivity index (χ0) is 10.2. The summed E-state index contributed by atoms with van der Waals surface area (Å²) in [4.78, 5) is 0. The summed E-state index contributed by atoms with van der Waals surface area (Å²) in [6.07, 6.45) is 0. The second-order valence-corrected chi connectivity index (χ2v) is 3.43. The Morgan fingerprint density at radius 1 is 1.07 bits per heavy atom. The van der Waals surface area contributed by atoms with Crippen molar-refractivity contribution in [3.8, 4) is 0 Å². The van der Waals surface area contributed by atoms with Gasteiger partial charge in [0.05, 0.1) is 0 Å². The monoisotopic (exact) mass is 240 g/mol. The summed E-state index contributed by atoms with van der Waals surface area (Å²) in [5, 5.41) is 0. The van der Waals surface area contributed by atoms with E-state index in [0.29, 0.717) is 5.92 Å². The second kappa shape index (κ2) is 8.40. The summed E-state index contributed by atoms with van der Waals surface area (Å²) in [7, 11) is 0. The third kappa shape index (κ3) is 6.22. The van der Waals surface area contributed by atoms with Gasteiger partial charge in [-0.2, -0.15) is 54.1 Å². The SMILES string of the molecule is CC(C)c1[c-]cccc1.[Fe+2].c1cc[cH-]c1. The molecule has 0 atom stereocenters. The van der Waals surface area contributed by atoms with E-state index in [1.165, 1.54) is 5.56 Å². The van der Waals surface area contributed by atoms with Gasteiger partial charge in [-0.1, -0.05) is 13.8 Å². The zero-order valence-corrected chi connectivity index (χ0v) is 10.2. The van der Waals surface area contributed by atoms with Gasteiger partial charge in [0, 0.05) is 0 Å². The van der Waals surface area contributed by atoms with Crippen molar-refractivity contribution in [1.82, 2.24) is 0 Å².